The molecule has 0 bridgehead atoms. The zero-order valence-electron chi connectivity index (χ0n) is 15.7. The average Bonchev–Trinajstić information content (AvgIpc) is 2.61. The number of carbonyl (C=O) groups is 2. The van der Waals surface area contributed by atoms with E-state index >= 15 is 0 Å². The van der Waals surface area contributed by atoms with Crippen LogP contribution in [-0.4, -0.2) is 36.3 Å². The van der Waals surface area contributed by atoms with Crippen LogP contribution in [0.2, 0.25) is 0 Å². The number of nitrogens with one attached hydrogen (secondary N) is 1. The minimum absolute atomic E-state index is 0. The van der Waals surface area contributed by atoms with E-state index in [0.29, 0.717) is 12.8 Å². The number of likely N-dealkylation sites (N-methyl/N-ethyl adjacent to an activating group) is 1. The summed E-state index contributed by atoms with van der Waals surface area (Å²) in [6, 6.07) is 4.73. The molecule has 5 nitrogen and oxygen atoms in total. The van der Waals surface area contributed by atoms with Gasteiger partial charge in [0.05, 0.1) is 23.2 Å². The number of anilines is 1. The molecule has 0 saturated heterocycles. The zero-order chi connectivity index (χ0) is 20.0. The maximum atomic E-state index is 13.0. The number of para-hydroxylation sites is 1. The van der Waals surface area contributed by atoms with Gasteiger partial charge in [0.1, 0.15) is 0 Å². The van der Waals surface area contributed by atoms with Crippen LogP contribution in [0.4, 0.5) is 18.9 Å². The highest BCUT2D eigenvalue weighted by Crippen LogP contribution is 2.34. The quantitative estimate of drug-likeness (QED) is 0.687. The molecule has 0 heterocycles. The van der Waals surface area contributed by atoms with E-state index in [4.69, 9.17) is 5.73 Å². The highest BCUT2D eigenvalue weighted by Gasteiger charge is 2.37. The highest BCUT2D eigenvalue weighted by molar-refractivity contribution is 5.96. The fourth-order valence-electron chi connectivity index (χ4n) is 2.79. The standard InChI is InChI=1S/C18H26F3N3O2.ClH/c1-4-17(5-2,12-22)16(26)24(6-3)11-15(25)23-14-10-8-7-9-13(14)18(19,20)21;/h7-10H,4-6,11-12,22H2,1-3H3,(H,23,25);1H. The second-order valence-electron chi connectivity index (χ2n) is 6.10. The first kappa shape index (κ1) is 25.2. The molecule has 1 aromatic rings. The Bertz CT molecular complexity index is 626. The fourth-order valence-corrected chi connectivity index (χ4v) is 2.79. The van der Waals surface area contributed by atoms with Gasteiger partial charge in [-0.3, -0.25) is 9.59 Å². The molecule has 0 radical (unpaired) electrons. The summed E-state index contributed by atoms with van der Waals surface area (Å²) in [6.07, 6.45) is -3.54. The number of amides is 2. The molecule has 0 unspecified atom stereocenters. The predicted molar refractivity (Wildman–Crippen MR) is 102 cm³/mol. The van der Waals surface area contributed by atoms with Gasteiger partial charge < -0.3 is 16.0 Å². The first-order chi connectivity index (χ1) is 12.1. The first-order valence-electron chi connectivity index (χ1n) is 8.60. The van der Waals surface area contributed by atoms with Gasteiger partial charge in [-0.05, 0) is 31.9 Å². The van der Waals surface area contributed by atoms with E-state index in [1.807, 2.05) is 13.8 Å². The SMILES string of the molecule is CCN(CC(=O)Nc1ccccc1C(F)(F)F)C(=O)C(CC)(CC)CN.Cl. The number of hydrogen-bond donors (Lipinski definition) is 2. The van der Waals surface area contributed by atoms with E-state index in [9.17, 15) is 22.8 Å². The van der Waals surface area contributed by atoms with Gasteiger partial charge in [-0.25, -0.2) is 0 Å². The van der Waals surface area contributed by atoms with Crippen LogP contribution in [0.5, 0.6) is 0 Å². The number of alkyl halides is 3. The lowest BCUT2D eigenvalue weighted by Crippen LogP contribution is -2.49. The summed E-state index contributed by atoms with van der Waals surface area (Å²) < 4.78 is 39.1. The van der Waals surface area contributed by atoms with Crippen LogP contribution >= 0.6 is 12.4 Å². The summed E-state index contributed by atoms with van der Waals surface area (Å²) in [4.78, 5) is 26.4. The molecule has 0 aliphatic carbocycles. The van der Waals surface area contributed by atoms with E-state index in [1.165, 1.54) is 23.1 Å². The molecule has 1 aromatic carbocycles. The van der Waals surface area contributed by atoms with Crippen molar-refractivity contribution in [2.75, 3.05) is 25.0 Å². The van der Waals surface area contributed by atoms with Gasteiger partial charge in [0.2, 0.25) is 11.8 Å². The molecular weight excluding hydrogens is 383 g/mol. The van der Waals surface area contributed by atoms with Crippen molar-refractivity contribution in [1.82, 2.24) is 4.90 Å². The minimum Gasteiger partial charge on any atom is -0.333 e. The normalized spacial score (nSPS) is 11.5. The summed E-state index contributed by atoms with van der Waals surface area (Å²) in [6.45, 7) is 5.48. The number of rotatable bonds is 8. The largest absolute Gasteiger partial charge is 0.418 e. The molecule has 9 heteroatoms. The van der Waals surface area contributed by atoms with E-state index in [-0.39, 0.29) is 43.6 Å². The summed E-state index contributed by atoms with van der Waals surface area (Å²) in [5, 5.41) is 2.26. The summed E-state index contributed by atoms with van der Waals surface area (Å²) >= 11 is 0. The van der Waals surface area contributed by atoms with E-state index in [2.05, 4.69) is 5.32 Å². The Morgan fingerprint density at radius 2 is 1.67 bits per heavy atom. The van der Waals surface area contributed by atoms with Crippen molar-refractivity contribution >= 4 is 29.9 Å². The summed E-state index contributed by atoms with van der Waals surface area (Å²) in [5.41, 5.74) is 3.75. The molecule has 3 N–H and O–H groups in total. The van der Waals surface area contributed by atoms with Crippen LogP contribution in [0.25, 0.3) is 0 Å². The van der Waals surface area contributed by atoms with Gasteiger partial charge in [-0.2, -0.15) is 13.2 Å². The average molecular weight is 410 g/mol. The number of hydrogen-bond acceptors (Lipinski definition) is 3. The minimum atomic E-state index is -4.58. The second-order valence-corrected chi connectivity index (χ2v) is 6.10. The van der Waals surface area contributed by atoms with Gasteiger partial charge in [0, 0.05) is 13.1 Å². The van der Waals surface area contributed by atoms with Crippen LogP contribution in [0.3, 0.4) is 0 Å². The lowest BCUT2D eigenvalue weighted by Gasteiger charge is -2.34. The molecule has 2 amide bonds. The molecule has 0 saturated carbocycles. The van der Waals surface area contributed by atoms with E-state index < -0.39 is 23.1 Å². The monoisotopic (exact) mass is 409 g/mol. The Labute approximate surface area is 163 Å². The van der Waals surface area contributed by atoms with Gasteiger partial charge in [-0.1, -0.05) is 26.0 Å². The number of benzene rings is 1. The van der Waals surface area contributed by atoms with E-state index in [1.54, 1.807) is 6.92 Å². The first-order valence-corrected chi connectivity index (χ1v) is 8.60. The summed E-state index contributed by atoms with van der Waals surface area (Å²) in [5.74, 6) is -0.943. The Morgan fingerprint density at radius 1 is 1.11 bits per heavy atom. The van der Waals surface area contributed by atoms with Crippen molar-refractivity contribution in [3.63, 3.8) is 0 Å². The number of halogens is 4. The zero-order valence-corrected chi connectivity index (χ0v) is 16.5. The van der Waals surface area contributed by atoms with Crippen molar-refractivity contribution in [3.05, 3.63) is 29.8 Å². The fraction of sp³-hybridized carbons (Fsp3) is 0.556. The lowest BCUT2D eigenvalue weighted by molar-refractivity contribution is -0.144. The maximum absolute atomic E-state index is 13.0. The van der Waals surface area contributed by atoms with Gasteiger partial charge in [0.25, 0.3) is 0 Å². The molecule has 0 fully saturated rings. The summed E-state index contributed by atoms with van der Waals surface area (Å²) in [7, 11) is 0. The molecule has 0 aromatic heterocycles. The number of nitrogens with zero attached hydrogens (tertiary/aromatic N) is 1. The van der Waals surface area contributed by atoms with Crippen LogP contribution in [0.15, 0.2) is 24.3 Å². The third kappa shape index (κ3) is 6.10. The van der Waals surface area contributed by atoms with Crippen molar-refractivity contribution in [2.24, 2.45) is 11.1 Å². The molecule has 154 valence electrons. The Kier molecular flexibility index (Phi) is 9.81. The second kappa shape index (κ2) is 10.5. The molecular formula is C18H27ClF3N3O2. The molecule has 1 rings (SSSR count). The maximum Gasteiger partial charge on any atom is 0.418 e. The third-order valence-electron chi connectivity index (χ3n) is 4.71. The third-order valence-corrected chi connectivity index (χ3v) is 4.71. The Hall–Kier alpha value is -1.80. The lowest BCUT2D eigenvalue weighted by atomic mass is 9.81. The number of carbonyl (C=O) groups excluding carboxylic acids is 2. The smallest absolute Gasteiger partial charge is 0.333 e. The van der Waals surface area contributed by atoms with Crippen LogP contribution in [0, 0.1) is 5.41 Å². The van der Waals surface area contributed by atoms with Crippen LogP contribution in [-0.2, 0) is 15.8 Å². The Balaban J connectivity index is 0.00000676. The van der Waals surface area contributed by atoms with Gasteiger partial charge >= 0.3 is 6.18 Å². The molecule has 0 atom stereocenters. The van der Waals surface area contributed by atoms with Crippen LogP contribution in [0.1, 0.15) is 39.2 Å². The molecule has 0 aliphatic heterocycles. The van der Waals surface area contributed by atoms with Crippen molar-refractivity contribution < 1.29 is 22.8 Å². The molecule has 27 heavy (non-hydrogen) atoms. The molecule has 0 aliphatic rings. The van der Waals surface area contributed by atoms with E-state index in [0.717, 1.165) is 6.07 Å². The molecule has 0 spiro atoms. The highest BCUT2D eigenvalue weighted by atomic mass is 35.5. The van der Waals surface area contributed by atoms with Crippen molar-refractivity contribution in [1.29, 1.82) is 0 Å². The van der Waals surface area contributed by atoms with Gasteiger partial charge in [0.15, 0.2) is 0 Å². The Morgan fingerprint density at radius 3 is 2.11 bits per heavy atom. The van der Waals surface area contributed by atoms with Gasteiger partial charge in [-0.15, -0.1) is 12.4 Å². The van der Waals surface area contributed by atoms with Crippen molar-refractivity contribution in [2.45, 2.75) is 39.8 Å². The topological polar surface area (TPSA) is 75.4 Å². The van der Waals surface area contributed by atoms with Crippen molar-refractivity contribution in [3.8, 4) is 0 Å². The number of nitrogens with two attached hydrogens (primary N) is 1. The van der Waals surface area contributed by atoms with Crippen LogP contribution < -0.4 is 11.1 Å². The predicted octanol–water partition coefficient (Wildman–Crippen LogP) is 3.68.